The molecule has 0 aliphatic carbocycles. The molecule has 0 aromatic heterocycles. The SMILES string of the molecule is CS(=O)(=O)Nc1ccccc1N1CCN(C(=O)[C@@H](Cc2ccc(Cl)cc2)NCc2ccc3c(c2)OCCO3)CC1. The Balaban J connectivity index is 1.27. The van der Waals surface area contributed by atoms with Gasteiger partial charge >= 0.3 is 0 Å². The summed E-state index contributed by atoms with van der Waals surface area (Å²) in [7, 11) is -3.41. The van der Waals surface area contributed by atoms with Gasteiger partial charge in [0.25, 0.3) is 0 Å². The van der Waals surface area contributed by atoms with E-state index in [0.29, 0.717) is 68.8 Å². The molecular formula is C29H33ClN4O5S. The van der Waals surface area contributed by atoms with E-state index < -0.39 is 16.1 Å². The van der Waals surface area contributed by atoms with E-state index >= 15 is 0 Å². The molecule has 212 valence electrons. The minimum absolute atomic E-state index is 0.0229. The number of piperazine rings is 1. The van der Waals surface area contributed by atoms with Crippen molar-refractivity contribution >= 4 is 38.9 Å². The van der Waals surface area contributed by atoms with Gasteiger partial charge in [-0.2, -0.15) is 0 Å². The average molecular weight is 585 g/mol. The first-order chi connectivity index (χ1) is 19.2. The molecule has 40 heavy (non-hydrogen) atoms. The largest absolute Gasteiger partial charge is 0.486 e. The van der Waals surface area contributed by atoms with Crippen LogP contribution in [0.15, 0.2) is 66.7 Å². The number of hydrogen-bond donors (Lipinski definition) is 2. The van der Waals surface area contributed by atoms with Gasteiger partial charge in [0.1, 0.15) is 13.2 Å². The van der Waals surface area contributed by atoms with E-state index in [1.807, 2.05) is 59.5 Å². The second-order valence-electron chi connectivity index (χ2n) is 9.95. The smallest absolute Gasteiger partial charge is 0.240 e. The fourth-order valence-electron chi connectivity index (χ4n) is 4.97. The predicted molar refractivity (Wildman–Crippen MR) is 157 cm³/mol. The summed E-state index contributed by atoms with van der Waals surface area (Å²) in [5.41, 5.74) is 3.34. The number of benzene rings is 3. The van der Waals surface area contributed by atoms with Crippen molar-refractivity contribution in [1.29, 1.82) is 0 Å². The number of sulfonamides is 1. The molecule has 0 unspecified atom stereocenters. The van der Waals surface area contributed by atoms with Crippen molar-refractivity contribution in [1.82, 2.24) is 10.2 Å². The average Bonchev–Trinajstić information content (AvgIpc) is 2.95. The van der Waals surface area contributed by atoms with Gasteiger partial charge in [0.05, 0.1) is 23.7 Å². The molecule has 2 aliphatic rings. The number of fused-ring (bicyclic) bond motifs is 1. The van der Waals surface area contributed by atoms with Crippen LogP contribution < -0.4 is 24.4 Å². The predicted octanol–water partition coefficient (Wildman–Crippen LogP) is 3.53. The van der Waals surface area contributed by atoms with Gasteiger partial charge in [-0.25, -0.2) is 8.42 Å². The Labute approximate surface area is 240 Å². The lowest BCUT2D eigenvalue weighted by Crippen LogP contribution is -2.54. The third-order valence-corrected chi connectivity index (χ3v) is 7.78. The first-order valence-electron chi connectivity index (χ1n) is 13.2. The molecule has 0 saturated carbocycles. The van der Waals surface area contributed by atoms with Crippen molar-refractivity contribution in [2.75, 3.05) is 55.3 Å². The van der Waals surface area contributed by atoms with Gasteiger partial charge in [-0.1, -0.05) is 41.9 Å². The van der Waals surface area contributed by atoms with Crippen LogP contribution in [0.25, 0.3) is 0 Å². The molecule has 3 aromatic carbocycles. The molecule has 5 rings (SSSR count). The second kappa shape index (κ2) is 12.4. The topological polar surface area (TPSA) is 100 Å². The fourth-order valence-corrected chi connectivity index (χ4v) is 5.66. The van der Waals surface area contributed by atoms with E-state index in [2.05, 4.69) is 14.9 Å². The zero-order chi connectivity index (χ0) is 28.1. The van der Waals surface area contributed by atoms with Crippen molar-refractivity contribution in [3.05, 3.63) is 82.9 Å². The molecule has 1 atom stereocenters. The summed E-state index contributed by atoms with van der Waals surface area (Å²) >= 11 is 6.09. The Hall–Kier alpha value is -3.47. The summed E-state index contributed by atoms with van der Waals surface area (Å²) in [6, 6.07) is 20.3. The van der Waals surface area contributed by atoms with Crippen LogP contribution in [-0.4, -0.2) is 70.9 Å². The van der Waals surface area contributed by atoms with Crippen LogP contribution in [0.4, 0.5) is 11.4 Å². The van der Waals surface area contributed by atoms with E-state index in [-0.39, 0.29) is 5.91 Å². The number of amides is 1. The zero-order valence-corrected chi connectivity index (χ0v) is 23.9. The Bertz CT molecular complexity index is 1440. The van der Waals surface area contributed by atoms with Crippen molar-refractivity contribution in [3.63, 3.8) is 0 Å². The minimum atomic E-state index is -3.41. The molecule has 2 aliphatic heterocycles. The minimum Gasteiger partial charge on any atom is -0.486 e. The van der Waals surface area contributed by atoms with E-state index in [1.165, 1.54) is 0 Å². The maximum atomic E-state index is 13.8. The highest BCUT2D eigenvalue weighted by atomic mass is 35.5. The van der Waals surface area contributed by atoms with Gasteiger partial charge < -0.3 is 24.6 Å². The summed E-state index contributed by atoms with van der Waals surface area (Å²) in [5.74, 6) is 1.47. The molecule has 3 aromatic rings. The Morgan fingerprint density at radius 1 is 0.925 bits per heavy atom. The fraction of sp³-hybridized carbons (Fsp3) is 0.345. The van der Waals surface area contributed by atoms with Crippen LogP contribution >= 0.6 is 11.6 Å². The van der Waals surface area contributed by atoms with Crippen LogP contribution in [0.2, 0.25) is 5.02 Å². The van der Waals surface area contributed by atoms with Gasteiger partial charge in [0, 0.05) is 37.7 Å². The lowest BCUT2D eigenvalue weighted by atomic mass is 10.0. The summed E-state index contributed by atoms with van der Waals surface area (Å²) in [6.45, 7) is 3.76. The summed E-state index contributed by atoms with van der Waals surface area (Å²) in [5, 5.41) is 4.12. The number of halogens is 1. The standard InChI is InChI=1S/C29H33ClN4O5S/c1-40(36,37)32-24-4-2-3-5-26(24)33-12-14-34(15-13-33)29(35)25(18-21-6-9-23(30)10-7-21)31-20-22-8-11-27-28(19-22)39-17-16-38-27/h2-11,19,25,31-32H,12-18,20H2,1H3/t25-/m1/s1. The Morgan fingerprint density at radius 2 is 1.60 bits per heavy atom. The van der Waals surface area contributed by atoms with Crippen molar-refractivity contribution in [2.45, 2.75) is 19.0 Å². The number of anilines is 2. The molecular weight excluding hydrogens is 552 g/mol. The van der Waals surface area contributed by atoms with Gasteiger partial charge in [-0.15, -0.1) is 0 Å². The number of para-hydroxylation sites is 2. The third kappa shape index (κ3) is 7.18. The highest BCUT2D eigenvalue weighted by Gasteiger charge is 2.28. The number of nitrogens with one attached hydrogen (secondary N) is 2. The Kier molecular flexibility index (Phi) is 8.68. The highest BCUT2D eigenvalue weighted by molar-refractivity contribution is 7.92. The normalized spacial score (nSPS) is 15.9. The van der Waals surface area contributed by atoms with Crippen LogP contribution in [0.1, 0.15) is 11.1 Å². The highest BCUT2D eigenvalue weighted by Crippen LogP contribution is 2.31. The molecule has 9 nitrogen and oxygen atoms in total. The number of nitrogens with zero attached hydrogens (tertiary/aromatic N) is 2. The first kappa shape index (κ1) is 28.1. The molecule has 0 spiro atoms. The van der Waals surface area contributed by atoms with E-state index in [1.54, 1.807) is 12.1 Å². The molecule has 0 bridgehead atoms. The van der Waals surface area contributed by atoms with Crippen molar-refractivity contribution in [3.8, 4) is 11.5 Å². The molecule has 11 heteroatoms. The maximum absolute atomic E-state index is 13.8. The molecule has 1 saturated heterocycles. The van der Waals surface area contributed by atoms with Crippen LogP contribution in [-0.2, 0) is 27.8 Å². The second-order valence-corrected chi connectivity index (χ2v) is 12.1. The number of carbonyl (C=O) groups is 1. The van der Waals surface area contributed by atoms with Gasteiger partial charge in [-0.3, -0.25) is 9.52 Å². The molecule has 1 amide bonds. The van der Waals surface area contributed by atoms with Gasteiger partial charge in [0.2, 0.25) is 15.9 Å². The molecule has 2 N–H and O–H groups in total. The van der Waals surface area contributed by atoms with E-state index in [9.17, 15) is 13.2 Å². The monoisotopic (exact) mass is 584 g/mol. The van der Waals surface area contributed by atoms with E-state index in [0.717, 1.165) is 28.8 Å². The third-order valence-electron chi connectivity index (χ3n) is 6.94. The van der Waals surface area contributed by atoms with Gasteiger partial charge in [-0.05, 0) is 53.9 Å². The number of hydrogen-bond acceptors (Lipinski definition) is 7. The molecule has 0 radical (unpaired) electrons. The number of rotatable bonds is 9. The Morgan fingerprint density at radius 3 is 2.33 bits per heavy atom. The molecule has 2 heterocycles. The van der Waals surface area contributed by atoms with Gasteiger partial charge in [0.15, 0.2) is 11.5 Å². The molecule has 1 fully saturated rings. The van der Waals surface area contributed by atoms with Crippen molar-refractivity contribution < 1.29 is 22.7 Å². The maximum Gasteiger partial charge on any atom is 0.240 e. The quantitative estimate of drug-likeness (QED) is 0.397. The lowest BCUT2D eigenvalue weighted by molar-refractivity contribution is -0.133. The number of carbonyl (C=O) groups excluding carboxylic acids is 1. The first-order valence-corrected chi connectivity index (χ1v) is 15.5. The van der Waals surface area contributed by atoms with Crippen LogP contribution in [0.3, 0.4) is 0 Å². The summed E-state index contributed by atoms with van der Waals surface area (Å²) in [4.78, 5) is 17.8. The van der Waals surface area contributed by atoms with Crippen LogP contribution in [0.5, 0.6) is 11.5 Å². The lowest BCUT2D eigenvalue weighted by Gasteiger charge is -2.38. The summed E-state index contributed by atoms with van der Waals surface area (Å²) in [6.07, 6.45) is 1.65. The van der Waals surface area contributed by atoms with E-state index in [4.69, 9.17) is 21.1 Å². The van der Waals surface area contributed by atoms with Crippen molar-refractivity contribution in [2.24, 2.45) is 0 Å². The number of ether oxygens (including phenoxy) is 2. The van der Waals surface area contributed by atoms with Crippen LogP contribution in [0, 0.1) is 0 Å². The zero-order valence-electron chi connectivity index (χ0n) is 22.3. The summed E-state index contributed by atoms with van der Waals surface area (Å²) < 4.78 is 37.6.